The fourth-order valence-electron chi connectivity index (χ4n) is 1.16. The lowest BCUT2D eigenvalue weighted by Crippen LogP contribution is -1.84. The number of benzene rings is 1. The lowest BCUT2D eigenvalue weighted by molar-refractivity contribution is -0.109. The van der Waals surface area contributed by atoms with Gasteiger partial charge in [0.15, 0.2) is 5.12 Å². The van der Waals surface area contributed by atoms with Crippen LogP contribution in [0, 0.1) is 0 Å². The molecule has 0 bridgehead atoms. The van der Waals surface area contributed by atoms with E-state index in [1.165, 1.54) is 22.9 Å². The monoisotopic (exact) mass is 284 g/mol. The van der Waals surface area contributed by atoms with Crippen LogP contribution in [0.4, 0.5) is 0 Å². The number of halogens is 1. The van der Waals surface area contributed by atoms with Crippen molar-refractivity contribution < 1.29 is 4.79 Å². The van der Waals surface area contributed by atoms with Crippen molar-refractivity contribution in [3.05, 3.63) is 41.5 Å². The molecule has 0 radical (unpaired) electrons. The van der Waals surface area contributed by atoms with E-state index in [1.807, 2.05) is 18.2 Å². The first-order valence-electron chi connectivity index (χ1n) is 4.68. The van der Waals surface area contributed by atoms with Crippen molar-refractivity contribution in [2.24, 2.45) is 0 Å². The first-order valence-corrected chi connectivity index (χ1v) is 6.78. The number of hydrogen-bond acceptors (Lipinski definition) is 2. The molecule has 0 saturated heterocycles. The zero-order valence-electron chi connectivity index (χ0n) is 8.57. The molecule has 0 N–H and O–H groups in total. The smallest absolute Gasteiger partial charge is 0.186 e. The summed E-state index contributed by atoms with van der Waals surface area (Å²) in [4.78, 5) is 10.7. The highest BCUT2D eigenvalue weighted by atomic mass is 79.9. The number of hydrogen-bond donors (Lipinski definition) is 0. The van der Waals surface area contributed by atoms with E-state index in [-0.39, 0.29) is 5.12 Å². The van der Waals surface area contributed by atoms with Gasteiger partial charge in [0.2, 0.25) is 0 Å². The Bertz CT molecular complexity index is 360. The van der Waals surface area contributed by atoms with Gasteiger partial charge < -0.3 is 0 Å². The first kappa shape index (κ1) is 12.5. The molecule has 1 aromatic carbocycles. The lowest BCUT2D eigenvalue weighted by atomic mass is 10.1. The third-order valence-electron chi connectivity index (χ3n) is 1.88. The Morgan fingerprint density at radius 2 is 2.20 bits per heavy atom. The van der Waals surface area contributed by atoms with Gasteiger partial charge in [-0.15, -0.1) is 0 Å². The minimum Gasteiger partial charge on any atom is -0.288 e. The molecule has 0 unspecified atom stereocenters. The van der Waals surface area contributed by atoms with Crippen molar-refractivity contribution in [2.45, 2.75) is 12.3 Å². The van der Waals surface area contributed by atoms with E-state index in [0.29, 0.717) is 0 Å². The van der Waals surface area contributed by atoms with E-state index in [4.69, 9.17) is 0 Å². The van der Waals surface area contributed by atoms with Gasteiger partial charge in [-0.1, -0.05) is 64.1 Å². The summed E-state index contributed by atoms with van der Waals surface area (Å²) in [7, 11) is 0. The summed E-state index contributed by atoms with van der Waals surface area (Å²) in [5.41, 5.74) is 2.47. The summed E-state index contributed by atoms with van der Waals surface area (Å²) in [6, 6.07) is 8.21. The number of alkyl halides is 1. The topological polar surface area (TPSA) is 17.1 Å². The minimum atomic E-state index is 0.161. The van der Waals surface area contributed by atoms with Crippen LogP contribution in [-0.2, 0) is 10.1 Å². The Labute approximate surface area is 103 Å². The van der Waals surface area contributed by atoms with Crippen molar-refractivity contribution in [2.75, 3.05) is 5.75 Å². The predicted molar refractivity (Wildman–Crippen MR) is 71.2 cm³/mol. The Balaban J connectivity index is 2.59. The summed E-state index contributed by atoms with van der Waals surface area (Å²) in [5.74, 6) is 0.742. The Morgan fingerprint density at radius 1 is 1.47 bits per heavy atom. The fraction of sp³-hybridized carbons (Fsp3) is 0.250. The van der Waals surface area contributed by atoms with E-state index in [1.54, 1.807) is 6.92 Å². The molecule has 0 fully saturated rings. The van der Waals surface area contributed by atoms with Gasteiger partial charge in [-0.2, -0.15) is 0 Å². The van der Waals surface area contributed by atoms with Crippen LogP contribution in [0.1, 0.15) is 18.1 Å². The Hall–Kier alpha value is -0.540. The van der Waals surface area contributed by atoms with E-state index < -0.39 is 0 Å². The van der Waals surface area contributed by atoms with Crippen LogP contribution in [0.2, 0.25) is 0 Å². The molecule has 1 nitrogen and oxygen atoms in total. The molecule has 0 atom stereocenters. The van der Waals surface area contributed by atoms with Crippen molar-refractivity contribution in [3.8, 4) is 0 Å². The molecule has 1 rings (SSSR count). The summed E-state index contributed by atoms with van der Waals surface area (Å²) in [5, 5.41) is 1.02. The number of thioether (sulfide) groups is 1. The highest BCUT2D eigenvalue weighted by Gasteiger charge is 1.95. The molecular weight excluding hydrogens is 272 g/mol. The predicted octanol–water partition coefficient (Wildman–Crippen LogP) is 3.87. The minimum absolute atomic E-state index is 0.161. The van der Waals surface area contributed by atoms with Crippen LogP contribution in [0.25, 0.3) is 6.08 Å². The van der Waals surface area contributed by atoms with Gasteiger partial charge >= 0.3 is 0 Å². The van der Waals surface area contributed by atoms with Crippen LogP contribution in [0.3, 0.4) is 0 Å². The molecule has 0 aliphatic carbocycles. The van der Waals surface area contributed by atoms with Crippen LogP contribution in [-0.4, -0.2) is 10.9 Å². The van der Waals surface area contributed by atoms with E-state index in [2.05, 4.69) is 34.1 Å². The third kappa shape index (κ3) is 4.67. The first-order chi connectivity index (χ1) is 7.24. The lowest BCUT2D eigenvalue weighted by Gasteiger charge is -2.00. The zero-order valence-corrected chi connectivity index (χ0v) is 11.0. The number of carbonyl (C=O) groups is 1. The van der Waals surface area contributed by atoms with Gasteiger partial charge in [0, 0.05) is 18.0 Å². The second kappa shape index (κ2) is 6.85. The fourth-order valence-corrected chi connectivity index (χ4v) is 2.10. The summed E-state index contributed by atoms with van der Waals surface area (Å²) >= 11 is 4.77. The molecule has 0 aliphatic heterocycles. The maximum atomic E-state index is 10.7. The summed E-state index contributed by atoms with van der Waals surface area (Å²) < 4.78 is 0. The van der Waals surface area contributed by atoms with Crippen LogP contribution < -0.4 is 0 Å². The average Bonchev–Trinajstić information content (AvgIpc) is 2.24. The summed E-state index contributed by atoms with van der Waals surface area (Å²) in [6.07, 6.45) is 4.08. The molecule has 1 aromatic rings. The highest BCUT2D eigenvalue weighted by molar-refractivity contribution is 9.08. The molecule has 3 heteroatoms. The van der Waals surface area contributed by atoms with E-state index in [9.17, 15) is 4.79 Å². The van der Waals surface area contributed by atoms with Gasteiger partial charge in [-0.3, -0.25) is 4.79 Å². The molecular formula is C12H13BrOS. The molecule has 0 saturated carbocycles. The molecule has 0 aromatic heterocycles. The van der Waals surface area contributed by atoms with E-state index in [0.717, 1.165) is 11.1 Å². The van der Waals surface area contributed by atoms with Crippen molar-refractivity contribution >= 4 is 38.9 Å². The van der Waals surface area contributed by atoms with Crippen LogP contribution >= 0.6 is 27.7 Å². The number of carbonyl (C=O) groups excluding carboxylic acids is 1. The van der Waals surface area contributed by atoms with Crippen molar-refractivity contribution in [1.82, 2.24) is 0 Å². The largest absolute Gasteiger partial charge is 0.288 e. The number of rotatable bonds is 4. The Kier molecular flexibility index (Phi) is 5.73. The Morgan fingerprint density at radius 3 is 2.87 bits per heavy atom. The summed E-state index contributed by atoms with van der Waals surface area (Å²) in [6.45, 7) is 1.59. The molecule has 0 aliphatic rings. The van der Waals surface area contributed by atoms with Crippen molar-refractivity contribution in [3.63, 3.8) is 0 Å². The maximum Gasteiger partial charge on any atom is 0.186 e. The normalized spacial score (nSPS) is 10.8. The molecule has 0 amide bonds. The van der Waals surface area contributed by atoms with E-state index >= 15 is 0 Å². The SMILES string of the molecule is CC(=O)SCC=Cc1ccccc1CBr. The molecule has 0 heterocycles. The maximum absolute atomic E-state index is 10.7. The van der Waals surface area contributed by atoms with Gasteiger partial charge in [-0.25, -0.2) is 0 Å². The quantitative estimate of drug-likeness (QED) is 0.781. The van der Waals surface area contributed by atoms with Gasteiger partial charge in [0.25, 0.3) is 0 Å². The standard InChI is InChI=1S/C12H13BrOS/c1-10(14)15-8-4-7-11-5-2-3-6-12(11)9-13/h2-7H,8-9H2,1H3. The highest BCUT2D eigenvalue weighted by Crippen LogP contribution is 2.14. The van der Waals surface area contributed by atoms with Crippen LogP contribution in [0.5, 0.6) is 0 Å². The molecule has 80 valence electrons. The van der Waals surface area contributed by atoms with Crippen molar-refractivity contribution in [1.29, 1.82) is 0 Å². The van der Waals surface area contributed by atoms with Crippen LogP contribution in [0.15, 0.2) is 30.3 Å². The molecule has 0 spiro atoms. The zero-order chi connectivity index (χ0) is 11.1. The molecule has 15 heavy (non-hydrogen) atoms. The van der Waals surface area contributed by atoms with Gasteiger partial charge in [0.1, 0.15) is 0 Å². The average molecular weight is 285 g/mol. The van der Waals surface area contributed by atoms with Gasteiger partial charge in [0.05, 0.1) is 0 Å². The second-order valence-corrected chi connectivity index (χ2v) is 4.80. The third-order valence-corrected chi connectivity index (χ3v) is 3.25. The van der Waals surface area contributed by atoms with Gasteiger partial charge in [-0.05, 0) is 11.1 Å². The second-order valence-electron chi connectivity index (χ2n) is 3.04.